The molecule has 2 heterocycles. The first-order valence-corrected chi connectivity index (χ1v) is 8.04. The number of hydrogen-bond donors (Lipinski definition) is 1. The summed E-state index contributed by atoms with van der Waals surface area (Å²) in [5, 5.41) is 9.24. The number of thioether (sulfide) groups is 1. The number of aromatic nitrogens is 1. The van der Waals surface area contributed by atoms with Crippen LogP contribution in [0.2, 0.25) is 0 Å². The Bertz CT molecular complexity index is 875. The van der Waals surface area contributed by atoms with Gasteiger partial charge in [0.05, 0.1) is 4.90 Å². The van der Waals surface area contributed by atoms with Crippen molar-refractivity contribution in [3.63, 3.8) is 0 Å². The summed E-state index contributed by atoms with van der Waals surface area (Å²) in [7, 11) is -3.67. The largest absolute Gasteiger partial charge is 0.477 e. The summed E-state index contributed by atoms with van der Waals surface area (Å²) in [5.41, 5.74) is 0.422. The van der Waals surface area contributed by atoms with Crippen molar-refractivity contribution in [2.24, 2.45) is 4.40 Å². The number of pyridine rings is 1. The average Bonchev–Trinajstić information content (AvgIpc) is 2.71. The molecule has 1 N–H and O–H groups in total. The number of aromatic carboxylic acids is 1. The molecule has 1 aromatic heterocycles. The molecule has 0 saturated heterocycles. The Kier molecular flexibility index (Phi) is 3.26. The van der Waals surface area contributed by atoms with Crippen LogP contribution in [0.25, 0.3) is 0 Å². The molecule has 0 aliphatic carbocycles. The van der Waals surface area contributed by atoms with Gasteiger partial charge in [0.1, 0.15) is 10.7 Å². The second kappa shape index (κ2) is 4.97. The van der Waals surface area contributed by atoms with Gasteiger partial charge in [0.25, 0.3) is 10.0 Å². The topological polar surface area (TPSA) is 96.7 Å². The van der Waals surface area contributed by atoms with E-state index in [2.05, 4.69) is 9.38 Å². The molecule has 0 fully saturated rings. The van der Waals surface area contributed by atoms with Gasteiger partial charge in [0.2, 0.25) is 0 Å². The molecule has 0 saturated carbocycles. The third-order valence-corrected chi connectivity index (χ3v) is 5.21. The predicted octanol–water partition coefficient (Wildman–Crippen LogP) is 2.02. The normalized spacial score (nSPS) is 15.3. The number of sulfonamides is 1. The molecule has 2 aromatic rings. The van der Waals surface area contributed by atoms with Gasteiger partial charge < -0.3 is 5.11 Å². The number of hydrogen-bond acceptors (Lipinski definition) is 5. The highest BCUT2D eigenvalue weighted by molar-refractivity contribution is 8.15. The monoisotopic (exact) mass is 320 g/mol. The van der Waals surface area contributed by atoms with Gasteiger partial charge >= 0.3 is 5.97 Å². The van der Waals surface area contributed by atoms with Gasteiger partial charge in [-0.05, 0) is 18.2 Å². The molecule has 1 aliphatic rings. The van der Waals surface area contributed by atoms with Crippen LogP contribution in [-0.4, -0.2) is 29.5 Å². The van der Waals surface area contributed by atoms with Crippen LogP contribution < -0.4 is 0 Å². The van der Waals surface area contributed by atoms with Gasteiger partial charge in [-0.1, -0.05) is 30.0 Å². The maximum absolute atomic E-state index is 11.9. The molecule has 1 aliphatic heterocycles. The van der Waals surface area contributed by atoms with Crippen molar-refractivity contribution >= 4 is 32.8 Å². The van der Waals surface area contributed by atoms with Gasteiger partial charge in [-0.15, -0.1) is 0 Å². The number of nitrogens with zero attached hydrogens (tertiary/aromatic N) is 2. The van der Waals surface area contributed by atoms with Crippen LogP contribution in [0.3, 0.4) is 0 Å². The van der Waals surface area contributed by atoms with Crippen molar-refractivity contribution < 1.29 is 18.3 Å². The van der Waals surface area contributed by atoms with Crippen LogP contribution in [0, 0.1) is 0 Å². The number of carboxylic acid groups (broad SMARTS) is 1. The second-order valence-corrected chi connectivity index (χ2v) is 6.79. The Morgan fingerprint density at radius 1 is 1.19 bits per heavy atom. The molecule has 8 heteroatoms. The van der Waals surface area contributed by atoms with Crippen molar-refractivity contribution in [1.29, 1.82) is 0 Å². The van der Waals surface area contributed by atoms with Crippen molar-refractivity contribution in [3.8, 4) is 0 Å². The SMILES string of the molecule is O=C(O)c1cc(SC2=NS(=O)(=O)c3ccccc32)ccn1. The fraction of sp³-hybridized carbons (Fsp3) is 0. The Labute approximate surface area is 124 Å². The second-order valence-electron chi connectivity index (χ2n) is 4.15. The molecule has 106 valence electrons. The Hall–Kier alpha value is -2.19. The van der Waals surface area contributed by atoms with E-state index in [1.807, 2.05) is 0 Å². The fourth-order valence-electron chi connectivity index (χ4n) is 1.85. The highest BCUT2D eigenvalue weighted by atomic mass is 32.2. The third-order valence-electron chi connectivity index (χ3n) is 2.76. The zero-order valence-electron chi connectivity index (χ0n) is 10.4. The maximum atomic E-state index is 11.9. The van der Waals surface area contributed by atoms with E-state index in [9.17, 15) is 13.2 Å². The van der Waals surface area contributed by atoms with E-state index >= 15 is 0 Å². The molecule has 0 bridgehead atoms. The van der Waals surface area contributed by atoms with Crippen LogP contribution >= 0.6 is 11.8 Å². The first-order valence-electron chi connectivity index (χ1n) is 5.79. The van der Waals surface area contributed by atoms with Crippen LogP contribution in [0.15, 0.2) is 56.8 Å². The highest BCUT2D eigenvalue weighted by Crippen LogP contribution is 2.34. The van der Waals surface area contributed by atoms with Crippen molar-refractivity contribution in [1.82, 2.24) is 4.98 Å². The minimum Gasteiger partial charge on any atom is -0.477 e. The van der Waals surface area contributed by atoms with Crippen molar-refractivity contribution in [2.75, 3.05) is 0 Å². The summed E-state index contributed by atoms with van der Waals surface area (Å²) in [5.74, 6) is -1.14. The molecule has 0 unspecified atom stereocenters. The molecule has 21 heavy (non-hydrogen) atoms. The minimum absolute atomic E-state index is 0.102. The van der Waals surface area contributed by atoms with Crippen LogP contribution in [0.4, 0.5) is 0 Å². The number of fused-ring (bicyclic) bond motifs is 1. The first kappa shape index (κ1) is 13.8. The predicted molar refractivity (Wildman–Crippen MR) is 77.2 cm³/mol. The van der Waals surface area contributed by atoms with Gasteiger partial charge in [-0.25, -0.2) is 9.78 Å². The van der Waals surface area contributed by atoms with Crippen LogP contribution in [-0.2, 0) is 10.0 Å². The molecular formula is C13H8N2O4S2. The van der Waals surface area contributed by atoms with E-state index in [1.165, 1.54) is 18.3 Å². The number of rotatable bonds is 2. The van der Waals surface area contributed by atoms with Crippen molar-refractivity contribution in [3.05, 3.63) is 53.9 Å². The maximum Gasteiger partial charge on any atom is 0.354 e. The van der Waals surface area contributed by atoms with Crippen LogP contribution in [0.1, 0.15) is 16.1 Å². The molecular weight excluding hydrogens is 312 g/mol. The number of carboxylic acids is 1. The quantitative estimate of drug-likeness (QED) is 0.909. The summed E-state index contributed by atoms with van der Waals surface area (Å²) in [6, 6.07) is 9.51. The zero-order valence-corrected chi connectivity index (χ0v) is 12.1. The zero-order chi connectivity index (χ0) is 15.0. The van der Waals surface area contributed by atoms with Crippen LogP contribution in [0.5, 0.6) is 0 Å². The fourth-order valence-corrected chi connectivity index (χ4v) is 4.28. The summed E-state index contributed by atoms with van der Waals surface area (Å²) < 4.78 is 27.6. The molecule has 0 radical (unpaired) electrons. The molecule has 6 nitrogen and oxygen atoms in total. The van der Waals surface area contributed by atoms with Gasteiger partial charge in [-0.2, -0.15) is 12.8 Å². The Morgan fingerprint density at radius 2 is 1.95 bits per heavy atom. The molecule has 1 aromatic carbocycles. The molecule has 0 atom stereocenters. The molecule has 0 amide bonds. The number of benzene rings is 1. The van der Waals surface area contributed by atoms with E-state index in [1.54, 1.807) is 24.3 Å². The standard InChI is InChI=1S/C13H8N2O4S2/c16-13(17)10-7-8(5-6-14-10)20-12-9-3-1-2-4-11(9)21(18,19)15-12/h1-7H,(H,16,17). The average molecular weight is 320 g/mol. The van der Waals surface area contributed by atoms with E-state index < -0.39 is 16.0 Å². The van der Waals surface area contributed by atoms with E-state index in [-0.39, 0.29) is 10.6 Å². The lowest BCUT2D eigenvalue weighted by Gasteiger charge is -2.02. The van der Waals surface area contributed by atoms with E-state index in [0.717, 1.165) is 11.8 Å². The molecule has 3 rings (SSSR count). The molecule has 0 spiro atoms. The Morgan fingerprint density at radius 3 is 2.71 bits per heavy atom. The smallest absolute Gasteiger partial charge is 0.354 e. The third kappa shape index (κ3) is 2.55. The van der Waals surface area contributed by atoms with Gasteiger partial charge in [0, 0.05) is 16.7 Å². The van der Waals surface area contributed by atoms with Gasteiger partial charge in [0.15, 0.2) is 0 Å². The number of carbonyl (C=O) groups is 1. The lowest BCUT2D eigenvalue weighted by atomic mass is 10.2. The van der Waals surface area contributed by atoms with Gasteiger partial charge in [-0.3, -0.25) is 0 Å². The lowest BCUT2D eigenvalue weighted by molar-refractivity contribution is 0.0690. The summed E-state index contributed by atoms with van der Waals surface area (Å²) in [6.45, 7) is 0. The first-order chi connectivity index (χ1) is 9.97. The summed E-state index contributed by atoms with van der Waals surface area (Å²) >= 11 is 1.10. The van der Waals surface area contributed by atoms with E-state index in [0.29, 0.717) is 15.5 Å². The summed E-state index contributed by atoms with van der Waals surface area (Å²) in [6.07, 6.45) is 1.36. The van der Waals surface area contributed by atoms with E-state index in [4.69, 9.17) is 5.11 Å². The minimum atomic E-state index is -3.67. The highest BCUT2D eigenvalue weighted by Gasteiger charge is 2.28. The van der Waals surface area contributed by atoms with Crippen molar-refractivity contribution in [2.45, 2.75) is 9.79 Å². The summed E-state index contributed by atoms with van der Waals surface area (Å²) in [4.78, 5) is 15.3. The Balaban J connectivity index is 2.00. The lowest BCUT2D eigenvalue weighted by Crippen LogP contribution is -2.00.